The van der Waals surface area contributed by atoms with E-state index >= 15 is 0 Å². The second-order valence-corrected chi connectivity index (χ2v) is 9.20. The maximum Gasteiger partial charge on any atom is 0.306 e. The van der Waals surface area contributed by atoms with Gasteiger partial charge in [0.1, 0.15) is 11.5 Å². The zero-order chi connectivity index (χ0) is 21.2. The fourth-order valence-corrected chi connectivity index (χ4v) is 5.26. The third-order valence-electron chi connectivity index (χ3n) is 3.87. The van der Waals surface area contributed by atoms with Gasteiger partial charge in [-0.3, -0.25) is 18.9 Å². The molecule has 0 aliphatic rings. The molecular weight excluding hydrogens is 385 g/mol. The summed E-state index contributed by atoms with van der Waals surface area (Å²) >= 11 is 0. The molecule has 1 amide bonds. The van der Waals surface area contributed by atoms with Crippen molar-refractivity contribution in [3.63, 3.8) is 0 Å². The van der Waals surface area contributed by atoms with Crippen LogP contribution in [0, 0.1) is 5.92 Å². The summed E-state index contributed by atoms with van der Waals surface area (Å²) in [6.07, 6.45) is -0.792. The van der Waals surface area contributed by atoms with E-state index in [4.69, 9.17) is 14.4 Å². The molecule has 0 spiro atoms. The summed E-state index contributed by atoms with van der Waals surface area (Å²) in [6.45, 7) is 5.43. The van der Waals surface area contributed by atoms with E-state index in [2.05, 4.69) is 5.32 Å². The van der Waals surface area contributed by atoms with Gasteiger partial charge in [0.05, 0.1) is 19.4 Å². The number of amides is 1. The van der Waals surface area contributed by atoms with Crippen LogP contribution < -0.4 is 9.84 Å². The molecule has 0 heterocycles. The number of para-hydroxylation sites is 1. The Kier molecular flexibility index (Phi) is 9.73. The first-order chi connectivity index (χ1) is 13.2. The van der Waals surface area contributed by atoms with Crippen molar-refractivity contribution in [3.05, 3.63) is 30.3 Å². The highest BCUT2D eigenvalue weighted by molar-refractivity contribution is 7.60. The Hall–Kier alpha value is -2.34. The lowest BCUT2D eigenvalue weighted by Gasteiger charge is -2.31. The monoisotopic (exact) mass is 413 g/mol. The SMILES string of the molecule is CCOC(=O)CCP(=O)(Oc1ccccc1)[C@@H](NC(=O)CCC(=O)O)C(C)C. The quantitative estimate of drug-likeness (QED) is 0.399. The molecule has 1 rings (SSSR count). The fraction of sp³-hybridized carbons (Fsp3) is 0.526. The van der Waals surface area contributed by atoms with Crippen molar-refractivity contribution in [1.29, 1.82) is 0 Å². The first kappa shape index (κ1) is 23.7. The second-order valence-electron chi connectivity index (χ2n) is 6.56. The smallest absolute Gasteiger partial charge is 0.306 e. The zero-order valence-corrected chi connectivity index (χ0v) is 17.3. The molecule has 1 aromatic carbocycles. The molecule has 0 aromatic heterocycles. The van der Waals surface area contributed by atoms with E-state index in [1.807, 2.05) is 0 Å². The highest BCUT2D eigenvalue weighted by atomic mass is 31.2. The van der Waals surface area contributed by atoms with Gasteiger partial charge < -0.3 is 19.7 Å². The van der Waals surface area contributed by atoms with Gasteiger partial charge >= 0.3 is 11.9 Å². The van der Waals surface area contributed by atoms with Crippen molar-refractivity contribution in [2.24, 2.45) is 5.92 Å². The van der Waals surface area contributed by atoms with Gasteiger partial charge in [-0.2, -0.15) is 0 Å². The first-order valence-corrected chi connectivity index (χ1v) is 11.1. The maximum absolute atomic E-state index is 13.7. The minimum atomic E-state index is -3.57. The molecule has 9 heteroatoms. The minimum Gasteiger partial charge on any atom is -0.481 e. The standard InChI is InChI=1S/C19H28NO7P/c1-4-26-18(24)12-13-28(25,27-15-8-6-5-7-9-15)19(14(2)3)20-16(21)10-11-17(22)23/h5-9,14,19H,4,10-13H2,1-3H3,(H,20,21)(H,22,23)/t19-,28?/m1/s1. The lowest BCUT2D eigenvalue weighted by Crippen LogP contribution is -2.40. The summed E-state index contributed by atoms with van der Waals surface area (Å²) in [4.78, 5) is 34.6. The molecule has 0 fully saturated rings. The number of carbonyl (C=O) groups excluding carboxylic acids is 2. The van der Waals surface area contributed by atoms with Crippen LogP contribution in [0.3, 0.4) is 0 Å². The van der Waals surface area contributed by atoms with Crippen molar-refractivity contribution in [2.45, 2.75) is 45.8 Å². The van der Waals surface area contributed by atoms with Crippen LogP contribution in [-0.2, 0) is 23.7 Å². The van der Waals surface area contributed by atoms with E-state index in [9.17, 15) is 18.9 Å². The third kappa shape index (κ3) is 8.13. The van der Waals surface area contributed by atoms with Crippen molar-refractivity contribution in [2.75, 3.05) is 12.8 Å². The molecule has 2 atom stereocenters. The number of hydrogen-bond donors (Lipinski definition) is 2. The van der Waals surface area contributed by atoms with Gasteiger partial charge in [0.15, 0.2) is 0 Å². The zero-order valence-electron chi connectivity index (χ0n) is 16.4. The number of benzene rings is 1. The maximum atomic E-state index is 13.7. The Balaban J connectivity index is 3.05. The molecule has 0 radical (unpaired) electrons. The Morgan fingerprint density at radius 3 is 2.29 bits per heavy atom. The number of hydrogen-bond acceptors (Lipinski definition) is 6. The molecule has 2 N–H and O–H groups in total. The van der Waals surface area contributed by atoms with E-state index < -0.39 is 31.0 Å². The average molecular weight is 413 g/mol. The van der Waals surface area contributed by atoms with Crippen molar-refractivity contribution < 1.29 is 33.3 Å². The summed E-state index contributed by atoms with van der Waals surface area (Å²) in [5.74, 6) is -2.91. The summed E-state index contributed by atoms with van der Waals surface area (Å²) < 4.78 is 24.4. The van der Waals surface area contributed by atoms with Crippen LogP contribution in [0.1, 0.15) is 40.0 Å². The molecule has 28 heavy (non-hydrogen) atoms. The van der Waals surface area contributed by atoms with E-state index in [-0.39, 0.29) is 37.9 Å². The van der Waals surface area contributed by atoms with Crippen LogP contribution in [0.15, 0.2) is 30.3 Å². The van der Waals surface area contributed by atoms with E-state index in [0.29, 0.717) is 5.75 Å². The van der Waals surface area contributed by atoms with Gasteiger partial charge in [0.25, 0.3) is 7.37 Å². The van der Waals surface area contributed by atoms with Gasteiger partial charge in [-0.05, 0) is 25.0 Å². The number of aliphatic carboxylic acids is 1. The number of carbonyl (C=O) groups is 3. The molecule has 8 nitrogen and oxygen atoms in total. The molecule has 156 valence electrons. The third-order valence-corrected chi connectivity index (χ3v) is 6.81. The highest BCUT2D eigenvalue weighted by Gasteiger charge is 2.39. The lowest BCUT2D eigenvalue weighted by molar-refractivity contribution is -0.142. The minimum absolute atomic E-state index is 0.108. The molecule has 0 aliphatic carbocycles. The molecule has 0 bridgehead atoms. The lowest BCUT2D eigenvalue weighted by atomic mass is 10.2. The van der Waals surface area contributed by atoms with Gasteiger partial charge in [0, 0.05) is 12.6 Å². The molecular formula is C19H28NO7P. The Morgan fingerprint density at radius 1 is 1.11 bits per heavy atom. The van der Waals surface area contributed by atoms with Gasteiger partial charge in [-0.25, -0.2) is 0 Å². The summed E-state index contributed by atoms with van der Waals surface area (Å²) in [5.41, 5.74) is 0. The second kappa shape index (κ2) is 11.5. The topological polar surface area (TPSA) is 119 Å². The van der Waals surface area contributed by atoms with E-state index in [0.717, 1.165) is 0 Å². The van der Waals surface area contributed by atoms with Crippen LogP contribution >= 0.6 is 7.37 Å². The fourth-order valence-electron chi connectivity index (χ4n) is 2.56. The molecule has 0 saturated heterocycles. The molecule has 1 aromatic rings. The number of rotatable bonds is 12. The van der Waals surface area contributed by atoms with Crippen LogP contribution in [0.4, 0.5) is 0 Å². The highest BCUT2D eigenvalue weighted by Crippen LogP contribution is 2.53. The molecule has 0 saturated carbocycles. The Morgan fingerprint density at radius 2 is 1.75 bits per heavy atom. The predicted octanol–water partition coefficient (Wildman–Crippen LogP) is 3.26. The van der Waals surface area contributed by atoms with Crippen molar-refractivity contribution in [3.8, 4) is 5.75 Å². The van der Waals surface area contributed by atoms with E-state index in [1.165, 1.54) is 0 Å². The van der Waals surface area contributed by atoms with Crippen LogP contribution in [0.5, 0.6) is 5.75 Å². The molecule has 1 unspecified atom stereocenters. The largest absolute Gasteiger partial charge is 0.481 e. The summed E-state index contributed by atoms with van der Waals surface area (Å²) in [7, 11) is -3.57. The number of carboxylic acid groups (broad SMARTS) is 1. The summed E-state index contributed by atoms with van der Waals surface area (Å²) in [5, 5.41) is 11.4. The van der Waals surface area contributed by atoms with Crippen LogP contribution in [0.2, 0.25) is 0 Å². The first-order valence-electron chi connectivity index (χ1n) is 9.18. The normalized spacial score (nSPS) is 14.0. The van der Waals surface area contributed by atoms with Crippen LogP contribution in [-0.4, -0.2) is 41.5 Å². The Labute approximate surface area is 165 Å². The predicted molar refractivity (Wildman–Crippen MR) is 104 cm³/mol. The van der Waals surface area contributed by atoms with E-state index in [1.54, 1.807) is 51.1 Å². The average Bonchev–Trinajstić information content (AvgIpc) is 2.63. The van der Waals surface area contributed by atoms with Gasteiger partial charge in [-0.1, -0.05) is 32.0 Å². The number of ether oxygens (including phenoxy) is 1. The van der Waals surface area contributed by atoms with Crippen molar-refractivity contribution in [1.82, 2.24) is 5.32 Å². The van der Waals surface area contributed by atoms with Crippen LogP contribution in [0.25, 0.3) is 0 Å². The number of esters is 1. The summed E-state index contributed by atoms with van der Waals surface area (Å²) in [6, 6.07) is 8.51. The van der Waals surface area contributed by atoms with Gasteiger partial charge in [-0.15, -0.1) is 0 Å². The number of nitrogens with one attached hydrogen (secondary N) is 1. The Bertz CT molecular complexity index is 705. The van der Waals surface area contributed by atoms with Gasteiger partial charge in [0.2, 0.25) is 5.91 Å². The number of carboxylic acids is 1. The molecule has 0 aliphatic heterocycles. The van der Waals surface area contributed by atoms with Crippen molar-refractivity contribution >= 4 is 25.2 Å².